The zero-order valence-electron chi connectivity index (χ0n) is 23.9. The number of anilines is 2. The molecule has 0 saturated carbocycles. The van der Waals surface area contributed by atoms with Gasteiger partial charge in [0.1, 0.15) is 37.6 Å². The van der Waals surface area contributed by atoms with Crippen LogP contribution in [-0.2, 0) is 42.1 Å². The van der Waals surface area contributed by atoms with Crippen LogP contribution in [0.1, 0.15) is 39.1 Å². The molecule has 6 N–H and O–H groups in total. The van der Waals surface area contributed by atoms with Crippen molar-refractivity contribution in [1.29, 1.82) is 0 Å². The van der Waals surface area contributed by atoms with Crippen molar-refractivity contribution in [2.45, 2.75) is 57.5 Å². The average Bonchev–Trinajstić information content (AvgIpc) is 3.66. The first-order valence-corrected chi connectivity index (χ1v) is 15.0. The lowest BCUT2D eigenvalue weighted by molar-refractivity contribution is -0.147. The number of rotatable bonds is 11. The van der Waals surface area contributed by atoms with E-state index in [-0.39, 0.29) is 49.1 Å². The summed E-state index contributed by atoms with van der Waals surface area (Å²) in [6.45, 7) is 1.43. The van der Waals surface area contributed by atoms with E-state index in [0.29, 0.717) is 0 Å². The lowest BCUT2D eigenvalue weighted by atomic mass is 10.0. The average molecular weight is 656 g/mol. The number of phosphoric ester groups is 1. The van der Waals surface area contributed by atoms with Gasteiger partial charge in [0.15, 0.2) is 11.2 Å². The Balaban J connectivity index is 1.29. The molecule has 45 heavy (non-hydrogen) atoms. The van der Waals surface area contributed by atoms with Gasteiger partial charge in [-0.05, 0) is 0 Å². The summed E-state index contributed by atoms with van der Waals surface area (Å²) in [5.74, 6) is -2.11. The number of nitrogens with one attached hydrogen (secondary N) is 1. The van der Waals surface area contributed by atoms with Gasteiger partial charge in [-0.15, -0.1) is 0 Å². The molecule has 2 aliphatic heterocycles. The van der Waals surface area contributed by atoms with E-state index in [1.807, 2.05) is 0 Å². The summed E-state index contributed by atoms with van der Waals surface area (Å²) in [7, 11) is -4.85. The summed E-state index contributed by atoms with van der Waals surface area (Å²) in [4.78, 5) is 75.9. The number of hydrogen-bond donors (Lipinski definition) is 4. The van der Waals surface area contributed by atoms with Crippen molar-refractivity contribution in [1.82, 2.24) is 34.1 Å². The van der Waals surface area contributed by atoms with Gasteiger partial charge in [0, 0.05) is 32.6 Å². The van der Waals surface area contributed by atoms with Crippen molar-refractivity contribution in [3.8, 4) is 0 Å². The van der Waals surface area contributed by atoms with E-state index < -0.39 is 74.3 Å². The Morgan fingerprint density at radius 2 is 1.67 bits per heavy atom. The van der Waals surface area contributed by atoms with E-state index in [1.54, 1.807) is 0 Å². The molecule has 0 amide bonds. The third-order valence-electron chi connectivity index (χ3n) is 6.98. The van der Waals surface area contributed by atoms with Crippen LogP contribution in [0.5, 0.6) is 0 Å². The fourth-order valence-electron chi connectivity index (χ4n) is 4.94. The summed E-state index contributed by atoms with van der Waals surface area (Å²) in [5.41, 5.74) is 9.95. The van der Waals surface area contributed by atoms with E-state index in [9.17, 15) is 28.6 Å². The summed E-state index contributed by atoms with van der Waals surface area (Å²) >= 11 is 0. The Labute approximate surface area is 252 Å². The first-order valence-electron chi connectivity index (χ1n) is 13.5. The highest BCUT2D eigenvalue weighted by molar-refractivity contribution is 7.47. The third-order valence-corrected chi connectivity index (χ3v) is 7.99. The number of H-pyrrole nitrogens is 1. The number of ether oxygens (including phenoxy) is 4. The second-order valence-electron chi connectivity index (χ2n) is 10.2. The van der Waals surface area contributed by atoms with Crippen LogP contribution < -0.4 is 22.7 Å². The smallest absolute Gasteiger partial charge is 0.465 e. The molecule has 244 valence electrons. The molecule has 5 heterocycles. The number of nitrogen functional groups attached to an aromatic ring is 2. The first kappa shape index (κ1) is 32.1. The Hall–Kier alpha value is -4.27. The maximum Gasteiger partial charge on any atom is 0.472 e. The van der Waals surface area contributed by atoms with Crippen LogP contribution in [0.15, 0.2) is 22.2 Å². The van der Waals surface area contributed by atoms with Gasteiger partial charge in [-0.2, -0.15) is 9.97 Å². The van der Waals surface area contributed by atoms with Crippen LogP contribution in [0.4, 0.5) is 11.9 Å². The highest BCUT2D eigenvalue weighted by atomic mass is 31.2. The van der Waals surface area contributed by atoms with Gasteiger partial charge in [0.05, 0.1) is 25.6 Å². The summed E-state index contributed by atoms with van der Waals surface area (Å²) < 4.78 is 48.3. The maximum atomic E-state index is 13.1. The van der Waals surface area contributed by atoms with E-state index in [1.165, 1.54) is 17.8 Å². The van der Waals surface area contributed by atoms with Crippen LogP contribution in [0.25, 0.3) is 11.2 Å². The Kier molecular flexibility index (Phi) is 9.28. The molecule has 0 aliphatic carbocycles. The standard InChI is InChI=1S/C23H30N9O12P/c1-10(33)39-5-12-3-16(31-8-26-18-19(31)28-22(25)29-20(18)35)42-14(12)7-41-45(37,38)44-13-4-17(43-15(13)6-40-11(2)34)32-9-27-21(24)30-23(32)36/h8-9,12-17H,3-7H2,1-2H3,(H,37,38)(H2,24,30,36)(H3,25,28,29,35)/t12?,13-,14-,15-,16-,17-/m1/s1. The summed E-state index contributed by atoms with van der Waals surface area (Å²) in [6.07, 6.45) is -2.48. The van der Waals surface area contributed by atoms with Crippen molar-refractivity contribution in [3.05, 3.63) is 33.5 Å². The van der Waals surface area contributed by atoms with Gasteiger partial charge in [0.25, 0.3) is 5.56 Å². The topological polar surface area (TPSA) is 290 Å². The number of phosphoric acid groups is 1. The van der Waals surface area contributed by atoms with Crippen molar-refractivity contribution < 1.29 is 47.0 Å². The monoisotopic (exact) mass is 655 g/mol. The highest BCUT2D eigenvalue weighted by Crippen LogP contribution is 2.49. The number of carbonyl (C=O) groups is 2. The minimum atomic E-state index is -4.85. The molecule has 7 atom stereocenters. The molecule has 2 aliphatic rings. The van der Waals surface area contributed by atoms with Crippen molar-refractivity contribution in [3.63, 3.8) is 0 Å². The molecular weight excluding hydrogens is 625 g/mol. The number of nitrogens with two attached hydrogens (primary N) is 2. The molecule has 0 radical (unpaired) electrons. The summed E-state index contributed by atoms with van der Waals surface area (Å²) in [6, 6.07) is 0. The molecule has 2 saturated heterocycles. The van der Waals surface area contributed by atoms with Gasteiger partial charge in [-0.1, -0.05) is 0 Å². The number of nitrogens with zero attached hydrogens (tertiary/aromatic N) is 6. The fraction of sp³-hybridized carbons (Fsp3) is 0.565. The molecule has 0 bridgehead atoms. The molecule has 22 heteroatoms. The molecule has 21 nitrogen and oxygen atoms in total. The van der Waals surface area contributed by atoms with Crippen LogP contribution in [0.2, 0.25) is 0 Å². The molecule has 2 fully saturated rings. The molecule has 5 rings (SSSR count). The zero-order valence-corrected chi connectivity index (χ0v) is 24.8. The number of hydrogen-bond acceptors (Lipinski definition) is 17. The second kappa shape index (κ2) is 13.0. The molecule has 3 aromatic heterocycles. The third kappa shape index (κ3) is 7.52. The lowest BCUT2D eigenvalue weighted by Gasteiger charge is -2.23. The van der Waals surface area contributed by atoms with Crippen LogP contribution in [-0.4, -0.2) is 89.0 Å². The normalized spacial score (nSPS) is 26.1. The van der Waals surface area contributed by atoms with E-state index in [2.05, 4.69) is 24.9 Å². The van der Waals surface area contributed by atoms with Crippen LogP contribution in [0.3, 0.4) is 0 Å². The van der Waals surface area contributed by atoms with Crippen molar-refractivity contribution >= 4 is 42.8 Å². The van der Waals surface area contributed by atoms with Crippen molar-refractivity contribution in [2.24, 2.45) is 5.92 Å². The Morgan fingerprint density at radius 1 is 1.00 bits per heavy atom. The Morgan fingerprint density at radius 3 is 2.38 bits per heavy atom. The van der Waals surface area contributed by atoms with Crippen molar-refractivity contribution in [2.75, 3.05) is 31.3 Å². The predicted octanol–water partition coefficient (Wildman–Crippen LogP) is -1.24. The van der Waals surface area contributed by atoms with Gasteiger partial charge in [-0.25, -0.2) is 19.3 Å². The SMILES string of the molecule is CC(=O)OCC1C[C@H](n2cnc3c(=O)[nH]c(N)nc32)O[C@@H]1COP(=O)(O)O[C@@H]1C[C@H](n2cnc(N)nc2=O)O[C@@H]1COC(C)=O. The quantitative estimate of drug-likeness (QED) is 0.139. The zero-order chi connectivity index (χ0) is 32.5. The van der Waals surface area contributed by atoms with Gasteiger partial charge < -0.3 is 35.3 Å². The minimum absolute atomic E-state index is 0.0190. The van der Waals surface area contributed by atoms with Crippen LogP contribution in [0, 0.1) is 5.92 Å². The first-order chi connectivity index (χ1) is 21.3. The predicted molar refractivity (Wildman–Crippen MR) is 148 cm³/mol. The number of imidazole rings is 1. The number of aromatic nitrogens is 7. The maximum absolute atomic E-state index is 13.1. The largest absolute Gasteiger partial charge is 0.472 e. The lowest BCUT2D eigenvalue weighted by Crippen LogP contribution is -2.31. The molecule has 3 aromatic rings. The molecular formula is C23H30N9O12P. The Bertz CT molecular complexity index is 1740. The van der Waals surface area contributed by atoms with Gasteiger partial charge in [-0.3, -0.25) is 37.5 Å². The van der Waals surface area contributed by atoms with Gasteiger partial charge in [0.2, 0.25) is 11.9 Å². The second-order valence-corrected chi connectivity index (χ2v) is 11.6. The number of aromatic amines is 1. The molecule has 0 aromatic carbocycles. The fourth-order valence-corrected chi connectivity index (χ4v) is 5.90. The number of carbonyl (C=O) groups excluding carboxylic acids is 2. The van der Waals surface area contributed by atoms with E-state index in [0.717, 1.165) is 17.8 Å². The van der Waals surface area contributed by atoms with E-state index >= 15 is 0 Å². The summed E-state index contributed by atoms with van der Waals surface area (Å²) in [5, 5.41) is 0. The highest BCUT2D eigenvalue weighted by Gasteiger charge is 2.44. The number of esters is 2. The van der Waals surface area contributed by atoms with E-state index in [4.69, 9.17) is 39.5 Å². The molecule has 0 spiro atoms. The number of fused-ring (bicyclic) bond motifs is 1. The minimum Gasteiger partial charge on any atom is -0.465 e. The van der Waals surface area contributed by atoms with Gasteiger partial charge >= 0.3 is 25.5 Å². The molecule has 2 unspecified atom stereocenters. The van der Waals surface area contributed by atoms with Crippen LogP contribution >= 0.6 is 7.82 Å².